The minimum absolute atomic E-state index is 0. The van der Waals surface area contributed by atoms with Crippen LogP contribution in [0.2, 0.25) is 0 Å². The van der Waals surface area contributed by atoms with Crippen molar-refractivity contribution in [1.82, 2.24) is 14.9 Å². The van der Waals surface area contributed by atoms with Crippen LogP contribution in [0.1, 0.15) is 24.8 Å². The molecular weight excluding hydrogens is 526 g/mol. The molecule has 2 aromatic heterocycles. The van der Waals surface area contributed by atoms with Gasteiger partial charge in [0.05, 0.1) is 28.6 Å². The van der Waals surface area contributed by atoms with Crippen LogP contribution < -0.4 is 20.3 Å². The van der Waals surface area contributed by atoms with Crippen molar-refractivity contribution < 1.29 is 13.2 Å². The zero-order chi connectivity index (χ0) is 26.3. The van der Waals surface area contributed by atoms with Gasteiger partial charge < -0.3 is 20.4 Å². The topological polar surface area (TPSA) is 125 Å². The molecule has 3 aliphatic rings. The standard InChI is InChI=1S/C26H31N7O3S.ClH/c1-31(2)17-13-33(14-17)24-20(30-37(4,35)36)11-16(12-28-24)15-6-7-19-18(10-15)21-22(23(27)29-19)32(3)25(34)26(21)8-5-9-26;/h6-7,10-12,17,30H,5,8-9,13-14H2,1-4H3,(H2,27,29);1H. The van der Waals surface area contributed by atoms with E-state index in [1.807, 2.05) is 38.4 Å². The van der Waals surface area contributed by atoms with E-state index in [4.69, 9.17) is 5.73 Å². The van der Waals surface area contributed by atoms with E-state index in [0.717, 1.165) is 66.2 Å². The van der Waals surface area contributed by atoms with Gasteiger partial charge in [-0.1, -0.05) is 12.5 Å². The van der Waals surface area contributed by atoms with Gasteiger partial charge >= 0.3 is 0 Å². The molecular formula is C26H32ClN7O3S. The molecule has 1 spiro atoms. The fraction of sp³-hybridized carbons (Fsp3) is 0.423. The third-order valence-corrected chi connectivity index (χ3v) is 8.70. The number of hydrogen-bond donors (Lipinski definition) is 2. The van der Waals surface area contributed by atoms with Crippen LogP contribution in [0.25, 0.3) is 22.0 Å². The molecule has 0 unspecified atom stereocenters. The van der Waals surface area contributed by atoms with Crippen LogP contribution >= 0.6 is 12.4 Å². The molecule has 1 amide bonds. The number of fused-ring (bicyclic) bond motifs is 4. The number of benzene rings is 1. The number of carbonyl (C=O) groups excluding carboxylic acids is 1. The van der Waals surface area contributed by atoms with Crippen molar-refractivity contribution in [2.75, 3.05) is 60.7 Å². The highest BCUT2D eigenvalue weighted by Crippen LogP contribution is 2.56. The quantitative estimate of drug-likeness (QED) is 0.490. The molecule has 3 aromatic rings. The van der Waals surface area contributed by atoms with Crippen molar-refractivity contribution in [3.8, 4) is 11.1 Å². The number of nitrogen functional groups attached to an aromatic ring is 1. The van der Waals surface area contributed by atoms with E-state index in [1.54, 1.807) is 18.1 Å². The van der Waals surface area contributed by atoms with Gasteiger partial charge in [-0.15, -0.1) is 12.4 Å². The van der Waals surface area contributed by atoms with Gasteiger partial charge in [-0.05, 0) is 50.7 Å². The first kappa shape index (κ1) is 26.5. The molecule has 202 valence electrons. The number of halogens is 1. The van der Waals surface area contributed by atoms with Gasteiger partial charge in [-0.25, -0.2) is 18.4 Å². The smallest absolute Gasteiger partial charge is 0.237 e. The van der Waals surface area contributed by atoms with Gasteiger partial charge in [0.2, 0.25) is 15.9 Å². The molecule has 12 heteroatoms. The number of amides is 1. The Bertz CT molecular complexity index is 1570. The largest absolute Gasteiger partial charge is 0.382 e. The van der Waals surface area contributed by atoms with Crippen molar-refractivity contribution >= 4 is 62.3 Å². The van der Waals surface area contributed by atoms with Crippen molar-refractivity contribution in [3.63, 3.8) is 0 Å². The van der Waals surface area contributed by atoms with E-state index < -0.39 is 15.4 Å². The number of likely N-dealkylation sites (N-methyl/N-ethyl adjacent to an activating group) is 2. The summed E-state index contributed by atoms with van der Waals surface area (Å²) in [6, 6.07) is 8.09. The first-order chi connectivity index (χ1) is 17.5. The Balaban J connectivity index is 0.00000294. The Labute approximate surface area is 228 Å². The number of carbonyl (C=O) groups is 1. The maximum Gasteiger partial charge on any atom is 0.237 e. The lowest BCUT2D eigenvalue weighted by atomic mass is 9.64. The lowest BCUT2D eigenvalue weighted by Gasteiger charge is -2.44. The average Bonchev–Trinajstić information content (AvgIpc) is 3.00. The molecule has 38 heavy (non-hydrogen) atoms. The maximum atomic E-state index is 13.3. The highest BCUT2D eigenvalue weighted by molar-refractivity contribution is 7.92. The summed E-state index contributed by atoms with van der Waals surface area (Å²) in [5.41, 5.74) is 10.3. The molecule has 0 radical (unpaired) electrons. The van der Waals surface area contributed by atoms with Gasteiger partial charge in [0.15, 0.2) is 5.82 Å². The lowest BCUT2D eigenvalue weighted by molar-refractivity contribution is -0.125. The van der Waals surface area contributed by atoms with E-state index in [-0.39, 0.29) is 18.3 Å². The first-order valence-electron chi connectivity index (χ1n) is 12.4. The molecule has 0 bridgehead atoms. The van der Waals surface area contributed by atoms with Crippen LogP contribution in [0.15, 0.2) is 30.5 Å². The predicted octanol–water partition coefficient (Wildman–Crippen LogP) is 2.82. The van der Waals surface area contributed by atoms with Crippen molar-refractivity contribution in [2.45, 2.75) is 30.7 Å². The normalized spacial score (nSPS) is 18.4. The van der Waals surface area contributed by atoms with Gasteiger partial charge in [0.25, 0.3) is 0 Å². The summed E-state index contributed by atoms with van der Waals surface area (Å²) in [5.74, 6) is 1.06. The number of rotatable bonds is 5. The zero-order valence-corrected chi connectivity index (χ0v) is 23.5. The Morgan fingerprint density at radius 2 is 1.87 bits per heavy atom. The van der Waals surface area contributed by atoms with E-state index in [1.165, 1.54) is 0 Å². The molecule has 4 heterocycles. The third kappa shape index (κ3) is 3.95. The number of nitrogens with zero attached hydrogens (tertiary/aromatic N) is 5. The molecule has 1 aromatic carbocycles. The number of anilines is 4. The fourth-order valence-corrected chi connectivity index (χ4v) is 6.45. The van der Waals surface area contributed by atoms with E-state index in [2.05, 4.69) is 24.5 Å². The average molecular weight is 558 g/mol. The number of nitrogens with one attached hydrogen (secondary N) is 1. The summed E-state index contributed by atoms with van der Waals surface area (Å²) in [4.78, 5) is 28.4. The van der Waals surface area contributed by atoms with Crippen LogP contribution in [-0.2, 0) is 20.2 Å². The highest BCUT2D eigenvalue weighted by atomic mass is 35.5. The molecule has 10 nitrogen and oxygen atoms in total. The second-order valence-corrected chi connectivity index (χ2v) is 12.5. The van der Waals surface area contributed by atoms with Crippen molar-refractivity contribution in [1.29, 1.82) is 0 Å². The summed E-state index contributed by atoms with van der Waals surface area (Å²) in [5, 5.41) is 0.900. The minimum atomic E-state index is -3.51. The molecule has 2 aliphatic heterocycles. The molecule has 0 atom stereocenters. The Morgan fingerprint density at radius 3 is 2.47 bits per heavy atom. The summed E-state index contributed by atoms with van der Waals surface area (Å²) in [6.07, 6.45) is 5.51. The molecule has 1 saturated heterocycles. The number of pyridine rings is 2. The Kier molecular flexibility index (Phi) is 6.24. The summed E-state index contributed by atoms with van der Waals surface area (Å²) >= 11 is 0. The van der Waals surface area contributed by atoms with Crippen LogP contribution in [0.4, 0.5) is 23.0 Å². The van der Waals surface area contributed by atoms with Crippen LogP contribution in [0.3, 0.4) is 0 Å². The number of sulfonamides is 1. The number of aromatic nitrogens is 2. The van der Waals surface area contributed by atoms with Crippen LogP contribution in [0.5, 0.6) is 0 Å². The second kappa shape index (κ2) is 8.96. The van der Waals surface area contributed by atoms with Gasteiger partial charge in [0.1, 0.15) is 5.82 Å². The monoisotopic (exact) mass is 557 g/mol. The molecule has 1 aliphatic carbocycles. The minimum Gasteiger partial charge on any atom is -0.382 e. The molecule has 2 fully saturated rings. The lowest BCUT2D eigenvalue weighted by Crippen LogP contribution is -2.57. The highest BCUT2D eigenvalue weighted by Gasteiger charge is 2.55. The van der Waals surface area contributed by atoms with E-state index >= 15 is 0 Å². The second-order valence-electron chi connectivity index (χ2n) is 10.7. The fourth-order valence-electron chi connectivity index (χ4n) is 5.90. The van der Waals surface area contributed by atoms with Crippen molar-refractivity contribution in [2.24, 2.45) is 0 Å². The van der Waals surface area contributed by atoms with E-state index in [9.17, 15) is 13.2 Å². The predicted molar refractivity (Wildman–Crippen MR) is 154 cm³/mol. The SMILES string of the molecule is CN1C(=O)C2(CCC2)c2c1c(N)nc1ccc(-c3cnc(N4CC(N(C)C)C4)c(NS(C)(=O)=O)c3)cc21.Cl. The molecule has 1 saturated carbocycles. The molecule has 3 N–H and O–H groups in total. The van der Waals surface area contributed by atoms with Crippen molar-refractivity contribution in [3.05, 3.63) is 36.0 Å². The number of nitrogens with two attached hydrogens (primary N) is 1. The third-order valence-electron chi connectivity index (χ3n) is 8.11. The summed E-state index contributed by atoms with van der Waals surface area (Å²) in [6.45, 7) is 1.55. The van der Waals surface area contributed by atoms with E-state index in [0.29, 0.717) is 29.1 Å². The van der Waals surface area contributed by atoms with Crippen LogP contribution in [0, 0.1) is 0 Å². The van der Waals surface area contributed by atoms with Crippen LogP contribution in [-0.4, -0.2) is 75.7 Å². The van der Waals surface area contributed by atoms with Gasteiger partial charge in [-0.2, -0.15) is 0 Å². The summed E-state index contributed by atoms with van der Waals surface area (Å²) < 4.78 is 27.0. The van der Waals surface area contributed by atoms with Gasteiger partial charge in [0, 0.05) is 48.9 Å². The Hall–Kier alpha value is -3.15. The maximum absolute atomic E-state index is 13.3. The first-order valence-corrected chi connectivity index (χ1v) is 14.3. The Morgan fingerprint density at radius 1 is 1.16 bits per heavy atom. The molecule has 6 rings (SSSR count). The number of hydrogen-bond acceptors (Lipinski definition) is 8. The van der Waals surface area contributed by atoms with Gasteiger partial charge in [-0.3, -0.25) is 9.52 Å². The summed E-state index contributed by atoms with van der Waals surface area (Å²) in [7, 11) is 2.33. The zero-order valence-electron chi connectivity index (χ0n) is 21.9.